The van der Waals surface area contributed by atoms with E-state index in [9.17, 15) is 4.79 Å². The monoisotopic (exact) mass is 429 g/mol. The number of hydrogen-bond acceptors (Lipinski definition) is 8. The first-order chi connectivity index (χ1) is 14.6. The number of nitrogens with two attached hydrogens (primary N) is 1. The van der Waals surface area contributed by atoms with Crippen molar-refractivity contribution in [2.24, 2.45) is 0 Å². The van der Waals surface area contributed by atoms with Crippen LogP contribution in [0.3, 0.4) is 0 Å². The molecule has 3 N–H and O–H groups in total. The molecule has 9 nitrogen and oxygen atoms in total. The summed E-state index contributed by atoms with van der Waals surface area (Å²) in [5.41, 5.74) is 1.56. The molecule has 0 spiro atoms. The molecule has 30 heavy (non-hydrogen) atoms. The Morgan fingerprint density at radius 3 is 2.57 bits per heavy atom. The summed E-state index contributed by atoms with van der Waals surface area (Å²) in [6.45, 7) is 0.368. The molecule has 2 aromatic carbocycles. The number of ether oxygens (including phenoxy) is 3. The topological polar surface area (TPSA) is 114 Å². The van der Waals surface area contributed by atoms with E-state index in [-0.39, 0.29) is 11.7 Å². The molecule has 3 rings (SSSR count). The standard InChI is InChI=1S/C20H23N5O4S/c1-27-14-8-9-15(17(10-14)29-3)19-23-24-20(25(19)21)30-12-18(26)22-11-13-6-4-5-7-16(13)28-2/h4-10H,11-12,21H2,1-3H3,(H,22,26). The van der Waals surface area contributed by atoms with E-state index in [2.05, 4.69) is 15.5 Å². The first-order valence-corrected chi connectivity index (χ1v) is 10.00. The minimum Gasteiger partial charge on any atom is -0.497 e. The first kappa shape index (κ1) is 21.3. The molecule has 1 aromatic heterocycles. The van der Waals surface area contributed by atoms with Crippen molar-refractivity contribution in [3.05, 3.63) is 48.0 Å². The van der Waals surface area contributed by atoms with Crippen molar-refractivity contribution >= 4 is 17.7 Å². The summed E-state index contributed by atoms with van der Waals surface area (Å²) in [7, 11) is 4.73. The molecule has 0 radical (unpaired) electrons. The molecule has 158 valence electrons. The lowest BCUT2D eigenvalue weighted by Crippen LogP contribution is -2.25. The number of nitrogens with zero attached hydrogens (tertiary/aromatic N) is 3. The van der Waals surface area contributed by atoms with Crippen LogP contribution in [-0.2, 0) is 11.3 Å². The number of methoxy groups -OCH3 is 3. The second kappa shape index (κ2) is 9.88. The van der Waals surface area contributed by atoms with Crippen LogP contribution in [0.2, 0.25) is 0 Å². The second-order valence-electron chi connectivity index (χ2n) is 6.12. The van der Waals surface area contributed by atoms with Crippen molar-refractivity contribution in [2.45, 2.75) is 11.7 Å². The predicted molar refractivity (Wildman–Crippen MR) is 114 cm³/mol. The van der Waals surface area contributed by atoms with Gasteiger partial charge in [-0.3, -0.25) is 4.79 Å². The molecule has 0 aliphatic carbocycles. The van der Waals surface area contributed by atoms with Gasteiger partial charge in [-0.2, -0.15) is 0 Å². The lowest BCUT2D eigenvalue weighted by Gasteiger charge is -2.10. The van der Waals surface area contributed by atoms with Crippen molar-refractivity contribution in [1.29, 1.82) is 0 Å². The fraction of sp³-hybridized carbons (Fsp3) is 0.250. The van der Waals surface area contributed by atoms with Gasteiger partial charge in [-0.1, -0.05) is 30.0 Å². The van der Waals surface area contributed by atoms with Gasteiger partial charge in [0.15, 0.2) is 5.82 Å². The Bertz CT molecular complexity index is 1020. The molecule has 1 heterocycles. The zero-order valence-corrected chi connectivity index (χ0v) is 17.7. The molecule has 0 aliphatic heterocycles. The Balaban J connectivity index is 1.63. The van der Waals surface area contributed by atoms with Crippen LogP contribution >= 0.6 is 11.8 Å². The van der Waals surface area contributed by atoms with Crippen LogP contribution in [0, 0.1) is 0 Å². The minimum absolute atomic E-state index is 0.143. The molecule has 0 atom stereocenters. The molecule has 0 saturated carbocycles. The van der Waals surface area contributed by atoms with E-state index in [0.717, 1.165) is 11.3 Å². The van der Waals surface area contributed by atoms with E-state index < -0.39 is 0 Å². The third-order valence-electron chi connectivity index (χ3n) is 4.32. The molecule has 0 fully saturated rings. The number of carbonyl (C=O) groups is 1. The number of carbonyl (C=O) groups excluding carboxylic acids is 1. The zero-order valence-electron chi connectivity index (χ0n) is 16.9. The Kier molecular flexibility index (Phi) is 7.02. The number of para-hydroxylation sites is 1. The van der Waals surface area contributed by atoms with Crippen LogP contribution in [0.1, 0.15) is 5.56 Å². The highest BCUT2D eigenvalue weighted by atomic mass is 32.2. The Labute approximate surface area is 178 Å². The van der Waals surface area contributed by atoms with E-state index in [0.29, 0.717) is 34.6 Å². The van der Waals surface area contributed by atoms with E-state index in [1.807, 2.05) is 24.3 Å². The molecule has 3 aromatic rings. The van der Waals surface area contributed by atoms with Gasteiger partial charge in [0, 0.05) is 18.2 Å². The lowest BCUT2D eigenvalue weighted by atomic mass is 10.2. The highest BCUT2D eigenvalue weighted by Crippen LogP contribution is 2.32. The summed E-state index contributed by atoms with van der Waals surface area (Å²) in [4.78, 5) is 12.2. The number of nitrogen functional groups attached to an aromatic ring is 1. The van der Waals surface area contributed by atoms with Gasteiger partial charge in [0.05, 0.1) is 32.6 Å². The number of nitrogens with one attached hydrogen (secondary N) is 1. The molecular weight excluding hydrogens is 406 g/mol. The van der Waals surface area contributed by atoms with Crippen LogP contribution in [0.5, 0.6) is 17.2 Å². The maximum atomic E-state index is 12.2. The van der Waals surface area contributed by atoms with E-state index in [4.69, 9.17) is 20.1 Å². The predicted octanol–water partition coefficient (Wildman–Crippen LogP) is 2.09. The van der Waals surface area contributed by atoms with Crippen molar-refractivity contribution in [2.75, 3.05) is 32.9 Å². The van der Waals surface area contributed by atoms with Gasteiger partial charge in [-0.25, -0.2) is 4.68 Å². The van der Waals surface area contributed by atoms with Crippen LogP contribution in [0.25, 0.3) is 11.4 Å². The summed E-state index contributed by atoms with van der Waals surface area (Å²) in [6, 6.07) is 12.8. The SMILES string of the molecule is COc1ccc(-c2nnc(SCC(=O)NCc3ccccc3OC)n2N)c(OC)c1. The van der Waals surface area contributed by atoms with Gasteiger partial charge in [0.25, 0.3) is 0 Å². The van der Waals surface area contributed by atoms with Gasteiger partial charge >= 0.3 is 0 Å². The third-order valence-corrected chi connectivity index (χ3v) is 5.26. The van der Waals surface area contributed by atoms with Gasteiger partial charge in [0.1, 0.15) is 17.2 Å². The van der Waals surface area contributed by atoms with Crippen LogP contribution < -0.4 is 25.4 Å². The van der Waals surface area contributed by atoms with Crippen molar-refractivity contribution in [1.82, 2.24) is 20.2 Å². The molecule has 0 saturated heterocycles. The number of rotatable bonds is 9. The number of benzene rings is 2. The molecule has 0 aliphatic rings. The van der Waals surface area contributed by atoms with Crippen molar-refractivity contribution in [3.63, 3.8) is 0 Å². The van der Waals surface area contributed by atoms with E-state index in [1.54, 1.807) is 39.5 Å². The zero-order chi connectivity index (χ0) is 21.5. The van der Waals surface area contributed by atoms with Gasteiger partial charge in [-0.05, 0) is 18.2 Å². The Morgan fingerprint density at radius 1 is 1.07 bits per heavy atom. The van der Waals surface area contributed by atoms with Gasteiger partial charge in [0.2, 0.25) is 11.1 Å². The van der Waals surface area contributed by atoms with Crippen LogP contribution in [0.4, 0.5) is 0 Å². The fourth-order valence-electron chi connectivity index (χ4n) is 2.77. The Hall–Kier alpha value is -3.40. The average Bonchev–Trinajstić information content (AvgIpc) is 3.15. The average molecular weight is 430 g/mol. The van der Waals surface area contributed by atoms with Crippen molar-refractivity contribution < 1.29 is 19.0 Å². The normalized spacial score (nSPS) is 10.5. The third kappa shape index (κ3) is 4.77. The highest BCUT2D eigenvalue weighted by molar-refractivity contribution is 7.99. The number of aromatic nitrogens is 3. The van der Waals surface area contributed by atoms with Crippen LogP contribution in [0.15, 0.2) is 47.6 Å². The minimum atomic E-state index is -0.155. The summed E-state index contributed by atoms with van der Waals surface area (Å²) in [5, 5.41) is 11.5. The molecule has 1 amide bonds. The lowest BCUT2D eigenvalue weighted by molar-refractivity contribution is -0.118. The Morgan fingerprint density at radius 2 is 1.83 bits per heavy atom. The summed E-state index contributed by atoms with van der Waals surface area (Å²) in [6.07, 6.45) is 0. The summed E-state index contributed by atoms with van der Waals surface area (Å²) in [5.74, 6) is 8.50. The maximum Gasteiger partial charge on any atom is 0.230 e. The molecular formula is C20H23N5O4S. The second-order valence-corrected chi connectivity index (χ2v) is 7.06. The van der Waals surface area contributed by atoms with Gasteiger partial charge in [-0.15, -0.1) is 10.2 Å². The molecule has 0 bridgehead atoms. The molecule has 0 unspecified atom stereocenters. The number of amides is 1. The fourth-order valence-corrected chi connectivity index (χ4v) is 3.45. The summed E-state index contributed by atoms with van der Waals surface area (Å²) < 4.78 is 17.2. The van der Waals surface area contributed by atoms with E-state index in [1.165, 1.54) is 16.4 Å². The number of thioether (sulfide) groups is 1. The van der Waals surface area contributed by atoms with E-state index >= 15 is 0 Å². The molecule has 10 heteroatoms. The highest BCUT2D eigenvalue weighted by Gasteiger charge is 2.17. The quantitative estimate of drug-likeness (QED) is 0.393. The summed E-state index contributed by atoms with van der Waals surface area (Å²) >= 11 is 1.19. The largest absolute Gasteiger partial charge is 0.497 e. The van der Waals surface area contributed by atoms with Crippen LogP contribution in [-0.4, -0.2) is 47.9 Å². The smallest absolute Gasteiger partial charge is 0.230 e. The first-order valence-electron chi connectivity index (χ1n) is 9.01. The number of hydrogen-bond donors (Lipinski definition) is 2. The van der Waals surface area contributed by atoms with Crippen molar-refractivity contribution in [3.8, 4) is 28.6 Å². The van der Waals surface area contributed by atoms with Gasteiger partial charge < -0.3 is 25.4 Å². The maximum absolute atomic E-state index is 12.2.